The van der Waals surface area contributed by atoms with Gasteiger partial charge in [-0.25, -0.2) is 0 Å². The molecule has 2 rings (SSSR count). The quantitative estimate of drug-likeness (QED) is 0.727. The highest BCUT2D eigenvalue weighted by Gasteiger charge is 1.98. The van der Waals surface area contributed by atoms with Crippen molar-refractivity contribution in [2.75, 3.05) is 13.1 Å². The van der Waals surface area contributed by atoms with Crippen molar-refractivity contribution >= 4 is 0 Å². The molecule has 0 aromatic heterocycles. The van der Waals surface area contributed by atoms with Crippen molar-refractivity contribution in [2.24, 2.45) is 5.92 Å². The van der Waals surface area contributed by atoms with E-state index in [2.05, 4.69) is 73.8 Å². The summed E-state index contributed by atoms with van der Waals surface area (Å²) in [6.07, 6.45) is 2.36. The summed E-state index contributed by atoms with van der Waals surface area (Å²) in [4.78, 5) is 0. The smallest absolute Gasteiger partial charge is 0.00258 e. The number of hydrogen-bond acceptors (Lipinski definition) is 1. The SMILES string of the molecule is CC(C)CNCCCc1ccc(-c2ccccc2)cc1. The minimum Gasteiger partial charge on any atom is -0.316 e. The standard InChI is InChI=1S/C19H25N/c1-16(2)15-20-14-6-7-17-10-12-19(13-11-17)18-8-4-3-5-9-18/h3-5,8-13,16,20H,6-7,14-15H2,1-2H3. The van der Waals surface area contributed by atoms with Crippen molar-refractivity contribution in [3.63, 3.8) is 0 Å². The van der Waals surface area contributed by atoms with Gasteiger partial charge in [0.15, 0.2) is 0 Å². The molecule has 0 amide bonds. The van der Waals surface area contributed by atoms with E-state index in [-0.39, 0.29) is 0 Å². The highest BCUT2D eigenvalue weighted by molar-refractivity contribution is 5.63. The maximum absolute atomic E-state index is 3.49. The average molecular weight is 267 g/mol. The van der Waals surface area contributed by atoms with E-state index in [1.807, 2.05) is 0 Å². The van der Waals surface area contributed by atoms with E-state index < -0.39 is 0 Å². The molecule has 2 aromatic rings. The van der Waals surface area contributed by atoms with E-state index in [0.717, 1.165) is 25.4 Å². The van der Waals surface area contributed by atoms with Crippen LogP contribution < -0.4 is 5.32 Å². The first kappa shape index (κ1) is 14.8. The third kappa shape index (κ3) is 4.82. The van der Waals surface area contributed by atoms with Gasteiger partial charge in [0.25, 0.3) is 0 Å². The van der Waals surface area contributed by atoms with Crippen molar-refractivity contribution in [2.45, 2.75) is 26.7 Å². The topological polar surface area (TPSA) is 12.0 Å². The molecule has 20 heavy (non-hydrogen) atoms. The molecule has 1 nitrogen and oxygen atoms in total. The van der Waals surface area contributed by atoms with Crippen molar-refractivity contribution in [3.05, 3.63) is 60.2 Å². The fourth-order valence-electron chi connectivity index (χ4n) is 2.30. The Bertz CT molecular complexity index is 485. The average Bonchev–Trinajstić information content (AvgIpc) is 2.48. The molecule has 106 valence electrons. The monoisotopic (exact) mass is 267 g/mol. The summed E-state index contributed by atoms with van der Waals surface area (Å²) in [7, 11) is 0. The molecule has 0 spiro atoms. The molecule has 0 aliphatic heterocycles. The van der Waals surface area contributed by atoms with Crippen LogP contribution in [0.4, 0.5) is 0 Å². The molecule has 0 radical (unpaired) electrons. The fraction of sp³-hybridized carbons (Fsp3) is 0.368. The Morgan fingerprint density at radius 3 is 2.15 bits per heavy atom. The lowest BCUT2D eigenvalue weighted by atomic mass is 10.0. The van der Waals surface area contributed by atoms with Crippen LogP contribution in [-0.2, 0) is 6.42 Å². The Kier molecular flexibility index (Phi) is 5.82. The summed E-state index contributed by atoms with van der Waals surface area (Å²) in [5, 5.41) is 3.49. The number of rotatable bonds is 7. The molecule has 1 heteroatoms. The molecule has 1 N–H and O–H groups in total. The lowest BCUT2D eigenvalue weighted by molar-refractivity contribution is 0.543. The maximum atomic E-state index is 3.49. The van der Waals surface area contributed by atoms with Crippen LogP contribution in [0.15, 0.2) is 54.6 Å². The van der Waals surface area contributed by atoms with Gasteiger partial charge in [0.05, 0.1) is 0 Å². The van der Waals surface area contributed by atoms with Crippen LogP contribution in [0.3, 0.4) is 0 Å². The molecular weight excluding hydrogens is 242 g/mol. The van der Waals surface area contributed by atoms with Gasteiger partial charge in [0.2, 0.25) is 0 Å². The Morgan fingerprint density at radius 1 is 0.850 bits per heavy atom. The second-order valence-electron chi connectivity index (χ2n) is 5.76. The first-order chi connectivity index (χ1) is 9.75. The summed E-state index contributed by atoms with van der Waals surface area (Å²) in [5.74, 6) is 0.736. The van der Waals surface area contributed by atoms with Gasteiger partial charge in [0.1, 0.15) is 0 Å². The van der Waals surface area contributed by atoms with Gasteiger partial charge >= 0.3 is 0 Å². The second-order valence-corrected chi connectivity index (χ2v) is 5.76. The zero-order valence-corrected chi connectivity index (χ0v) is 12.6. The van der Waals surface area contributed by atoms with Crippen LogP contribution in [-0.4, -0.2) is 13.1 Å². The van der Waals surface area contributed by atoms with E-state index in [9.17, 15) is 0 Å². The van der Waals surface area contributed by atoms with Gasteiger partial charge in [-0.15, -0.1) is 0 Å². The maximum Gasteiger partial charge on any atom is -0.00258 e. The van der Waals surface area contributed by atoms with E-state index in [1.54, 1.807) is 0 Å². The number of benzene rings is 2. The molecule has 0 fully saturated rings. The van der Waals surface area contributed by atoms with Crippen LogP contribution in [0, 0.1) is 5.92 Å². The second kappa shape index (κ2) is 7.86. The van der Waals surface area contributed by atoms with E-state index in [1.165, 1.54) is 23.1 Å². The summed E-state index contributed by atoms with van der Waals surface area (Å²) in [6.45, 7) is 6.72. The molecule has 0 heterocycles. The molecule has 0 saturated carbocycles. The van der Waals surface area contributed by atoms with Gasteiger partial charge in [-0.05, 0) is 48.5 Å². The molecule has 0 saturated heterocycles. The lowest BCUT2D eigenvalue weighted by Gasteiger charge is -2.08. The number of nitrogens with one attached hydrogen (secondary N) is 1. The van der Waals surface area contributed by atoms with Gasteiger partial charge < -0.3 is 5.32 Å². The molecular formula is C19H25N. The van der Waals surface area contributed by atoms with Crippen LogP contribution in [0.5, 0.6) is 0 Å². The first-order valence-electron chi connectivity index (χ1n) is 7.61. The fourth-order valence-corrected chi connectivity index (χ4v) is 2.30. The van der Waals surface area contributed by atoms with Crippen molar-refractivity contribution in [3.8, 4) is 11.1 Å². The van der Waals surface area contributed by atoms with Gasteiger partial charge in [-0.3, -0.25) is 0 Å². The number of hydrogen-bond donors (Lipinski definition) is 1. The predicted molar refractivity (Wildman–Crippen MR) is 87.9 cm³/mol. The largest absolute Gasteiger partial charge is 0.316 e. The van der Waals surface area contributed by atoms with Crippen LogP contribution in [0.25, 0.3) is 11.1 Å². The molecule has 0 bridgehead atoms. The third-order valence-electron chi connectivity index (χ3n) is 3.43. The van der Waals surface area contributed by atoms with Crippen molar-refractivity contribution in [1.29, 1.82) is 0 Å². The lowest BCUT2D eigenvalue weighted by Crippen LogP contribution is -2.21. The third-order valence-corrected chi connectivity index (χ3v) is 3.43. The molecule has 0 aliphatic carbocycles. The Labute approximate surface area is 123 Å². The van der Waals surface area contributed by atoms with Gasteiger partial charge in [-0.1, -0.05) is 68.4 Å². The minimum atomic E-state index is 0.736. The van der Waals surface area contributed by atoms with Crippen LogP contribution >= 0.6 is 0 Å². The highest BCUT2D eigenvalue weighted by Crippen LogP contribution is 2.19. The molecule has 0 unspecified atom stereocenters. The summed E-state index contributed by atoms with van der Waals surface area (Å²) in [6, 6.07) is 19.5. The minimum absolute atomic E-state index is 0.736. The van der Waals surface area contributed by atoms with Crippen molar-refractivity contribution < 1.29 is 0 Å². The Hall–Kier alpha value is -1.60. The molecule has 2 aromatic carbocycles. The predicted octanol–water partition coefficient (Wildman–Crippen LogP) is 4.53. The van der Waals surface area contributed by atoms with Gasteiger partial charge in [0, 0.05) is 0 Å². The Morgan fingerprint density at radius 2 is 1.50 bits per heavy atom. The van der Waals surface area contributed by atoms with E-state index >= 15 is 0 Å². The summed E-state index contributed by atoms with van der Waals surface area (Å²) in [5.41, 5.74) is 4.01. The summed E-state index contributed by atoms with van der Waals surface area (Å²) < 4.78 is 0. The highest BCUT2D eigenvalue weighted by atomic mass is 14.8. The van der Waals surface area contributed by atoms with Gasteiger partial charge in [-0.2, -0.15) is 0 Å². The Balaban J connectivity index is 1.80. The normalized spacial score (nSPS) is 10.9. The molecule has 0 atom stereocenters. The van der Waals surface area contributed by atoms with Crippen molar-refractivity contribution in [1.82, 2.24) is 5.32 Å². The van der Waals surface area contributed by atoms with Crippen LogP contribution in [0.2, 0.25) is 0 Å². The zero-order valence-electron chi connectivity index (χ0n) is 12.6. The van der Waals surface area contributed by atoms with Crippen LogP contribution in [0.1, 0.15) is 25.8 Å². The van der Waals surface area contributed by atoms with E-state index in [4.69, 9.17) is 0 Å². The summed E-state index contributed by atoms with van der Waals surface area (Å²) >= 11 is 0. The molecule has 0 aliphatic rings. The number of aryl methyl sites for hydroxylation is 1. The first-order valence-corrected chi connectivity index (χ1v) is 7.61. The zero-order chi connectivity index (χ0) is 14.2. The van der Waals surface area contributed by atoms with E-state index in [0.29, 0.717) is 0 Å².